The number of halogens is 1. The highest BCUT2D eigenvalue weighted by atomic mass is 35.5. The Morgan fingerprint density at radius 3 is 1.91 bits per heavy atom. The van der Waals surface area contributed by atoms with Crippen molar-refractivity contribution in [2.24, 2.45) is 19.8 Å². The number of carbonyl (C=O) groups is 1. The minimum Gasteiger partial charge on any atom is -0.496 e. The van der Waals surface area contributed by atoms with Gasteiger partial charge in [-0.3, -0.25) is 13.9 Å². The van der Waals surface area contributed by atoms with E-state index in [9.17, 15) is 9.59 Å². The summed E-state index contributed by atoms with van der Waals surface area (Å²) in [5, 5.41) is 2.91. The van der Waals surface area contributed by atoms with E-state index >= 15 is 0 Å². The van der Waals surface area contributed by atoms with E-state index in [1.54, 1.807) is 44.4 Å². The summed E-state index contributed by atoms with van der Waals surface area (Å²) in [6.45, 7) is 8.36. The maximum Gasteiger partial charge on any atom is 0.328 e. The van der Waals surface area contributed by atoms with E-state index < -0.39 is 5.91 Å². The summed E-state index contributed by atoms with van der Waals surface area (Å²) in [4.78, 5) is 25.8. The van der Waals surface area contributed by atoms with E-state index in [1.165, 1.54) is 16.2 Å². The van der Waals surface area contributed by atoms with Crippen LogP contribution in [-0.2, 0) is 33.0 Å². The molecule has 14 heteroatoms. The zero-order valence-electron chi connectivity index (χ0n) is 26.1. The molecule has 3 aromatic rings. The van der Waals surface area contributed by atoms with Gasteiger partial charge >= 0.3 is 5.69 Å². The molecule has 0 saturated carbocycles. The molecule has 246 valence electrons. The molecule has 1 heterocycles. The van der Waals surface area contributed by atoms with Crippen LogP contribution in [0.1, 0.15) is 24.2 Å². The standard InChI is InChI=1S/C30H44N4O9.ClH/c1-21(2)43-28-20-26-25(33(3)30(36)34(26)4)19-24(28)32-29(35)23-7-6-22(18-27(23)37-5)42-17-16-41-15-14-40-13-12-39-11-10-38-9-8-31;/h6-7,18-21H,8-17,31H2,1-5H3,(H,32,35);1H. The number of aryl methyl sites for hydroxylation is 2. The third kappa shape index (κ3) is 10.7. The summed E-state index contributed by atoms with van der Waals surface area (Å²) < 4.78 is 41.9. The molecule has 0 spiro atoms. The molecule has 0 unspecified atom stereocenters. The van der Waals surface area contributed by atoms with Crippen LogP contribution in [-0.4, -0.2) is 94.3 Å². The summed E-state index contributed by atoms with van der Waals surface area (Å²) in [5.41, 5.74) is 7.29. The lowest BCUT2D eigenvalue weighted by molar-refractivity contribution is -0.00387. The van der Waals surface area contributed by atoms with Crippen LogP contribution in [0.15, 0.2) is 35.1 Å². The summed E-state index contributed by atoms with van der Waals surface area (Å²) in [5.74, 6) is 0.937. The molecule has 0 saturated heterocycles. The van der Waals surface area contributed by atoms with Crippen molar-refractivity contribution in [3.63, 3.8) is 0 Å². The zero-order chi connectivity index (χ0) is 31.2. The Labute approximate surface area is 263 Å². The van der Waals surface area contributed by atoms with Gasteiger partial charge in [-0.05, 0) is 32.0 Å². The van der Waals surface area contributed by atoms with Crippen LogP contribution in [0.5, 0.6) is 17.2 Å². The Bertz CT molecular complexity index is 1380. The van der Waals surface area contributed by atoms with Crippen LogP contribution in [0.2, 0.25) is 0 Å². The second-order valence-electron chi connectivity index (χ2n) is 9.81. The van der Waals surface area contributed by atoms with E-state index in [0.29, 0.717) is 106 Å². The van der Waals surface area contributed by atoms with Gasteiger partial charge in [-0.25, -0.2) is 4.79 Å². The van der Waals surface area contributed by atoms with E-state index in [4.69, 9.17) is 38.9 Å². The number of aromatic nitrogens is 2. The number of rotatable bonds is 20. The minimum atomic E-state index is -0.397. The zero-order valence-corrected chi connectivity index (χ0v) is 26.9. The number of hydrogen-bond acceptors (Lipinski definition) is 10. The molecule has 0 radical (unpaired) electrons. The average molecular weight is 641 g/mol. The largest absolute Gasteiger partial charge is 0.496 e. The van der Waals surface area contributed by atoms with Crippen LogP contribution < -0.4 is 31.0 Å². The number of nitrogens with two attached hydrogens (primary N) is 1. The smallest absolute Gasteiger partial charge is 0.328 e. The first kappa shape index (κ1) is 36.9. The third-order valence-electron chi connectivity index (χ3n) is 6.28. The average Bonchev–Trinajstić information content (AvgIpc) is 3.19. The summed E-state index contributed by atoms with van der Waals surface area (Å²) in [6, 6.07) is 8.46. The molecule has 1 amide bonds. The maximum atomic E-state index is 13.3. The van der Waals surface area contributed by atoms with Crippen molar-refractivity contribution in [1.82, 2.24) is 9.13 Å². The number of amides is 1. The lowest BCUT2D eigenvalue weighted by Gasteiger charge is -2.17. The molecule has 0 atom stereocenters. The summed E-state index contributed by atoms with van der Waals surface area (Å²) in [7, 11) is 4.86. The molecule has 0 aliphatic heterocycles. The lowest BCUT2D eigenvalue weighted by atomic mass is 10.1. The fourth-order valence-electron chi connectivity index (χ4n) is 4.18. The Balaban J connectivity index is 0.00000675. The molecule has 1 aromatic heterocycles. The highest BCUT2D eigenvalue weighted by molar-refractivity contribution is 6.08. The fourth-order valence-corrected chi connectivity index (χ4v) is 4.18. The first-order valence-corrected chi connectivity index (χ1v) is 14.3. The van der Waals surface area contributed by atoms with Gasteiger partial charge in [0, 0.05) is 32.8 Å². The molecule has 3 N–H and O–H groups in total. The van der Waals surface area contributed by atoms with E-state index in [1.807, 2.05) is 13.8 Å². The Kier molecular flexibility index (Phi) is 16.0. The molecule has 2 aromatic carbocycles. The molecule has 0 fully saturated rings. The topological polar surface area (TPSA) is 147 Å². The lowest BCUT2D eigenvalue weighted by Crippen LogP contribution is -2.19. The van der Waals surface area contributed by atoms with Gasteiger partial charge in [0.1, 0.15) is 23.9 Å². The van der Waals surface area contributed by atoms with Crippen molar-refractivity contribution >= 4 is 35.0 Å². The molecule has 3 rings (SSSR count). The minimum absolute atomic E-state index is 0. The van der Waals surface area contributed by atoms with Crippen molar-refractivity contribution < 1.29 is 38.0 Å². The highest BCUT2D eigenvalue weighted by Gasteiger charge is 2.19. The fraction of sp³-hybridized carbons (Fsp3) is 0.533. The van der Waals surface area contributed by atoms with Crippen molar-refractivity contribution in [1.29, 1.82) is 0 Å². The van der Waals surface area contributed by atoms with Crippen LogP contribution in [0.25, 0.3) is 11.0 Å². The van der Waals surface area contributed by atoms with E-state index in [-0.39, 0.29) is 24.2 Å². The molecular formula is C30H45ClN4O9. The molecule has 0 aliphatic rings. The summed E-state index contributed by atoms with van der Waals surface area (Å²) in [6.07, 6.45) is -0.145. The van der Waals surface area contributed by atoms with Crippen molar-refractivity contribution in [3.8, 4) is 17.2 Å². The normalized spacial score (nSPS) is 11.1. The summed E-state index contributed by atoms with van der Waals surface area (Å²) >= 11 is 0. The SMILES string of the molecule is COc1cc(OCCOCCOCCOCCOCCN)ccc1C(=O)Nc1cc2c(cc1OC(C)C)n(C)c(=O)n2C.Cl. The number of nitrogens with one attached hydrogen (secondary N) is 1. The number of fused-ring (bicyclic) bond motifs is 1. The second kappa shape index (κ2) is 19.1. The monoisotopic (exact) mass is 640 g/mol. The number of imidazole rings is 1. The van der Waals surface area contributed by atoms with Crippen molar-refractivity contribution in [2.75, 3.05) is 78.4 Å². The molecule has 13 nitrogen and oxygen atoms in total. The predicted molar refractivity (Wildman–Crippen MR) is 170 cm³/mol. The van der Waals surface area contributed by atoms with Crippen LogP contribution >= 0.6 is 12.4 Å². The predicted octanol–water partition coefficient (Wildman–Crippen LogP) is 2.75. The van der Waals surface area contributed by atoms with Crippen LogP contribution in [0.3, 0.4) is 0 Å². The molecule has 0 bridgehead atoms. The van der Waals surface area contributed by atoms with Gasteiger partial charge in [0.25, 0.3) is 5.91 Å². The van der Waals surface area contributed by atoms with Gasteiger partial charge in [0.15, 0.2) is 0 Å². The number of anilines is 1. The number of ether oxygens (including phenoxy) is 7. The number of methoxy groups -OCH3 is 1. The molecular weight excluding hydrogens is 596 g/mol. The van der Waals surface area contributed by atoms with Gasteiger partial charge in [0.05, 0.1) is 88.4 Å². The third-order valence-corrected chi connectivity index (χ3v) is 6.28. The Morgan fingerprint density at radius 1 is 0.818 bits per heavy atom. The van der Waals surface area contributed by atoms with Crippen LogP contribution in [0, 0.1) is 0 Å². The van der Waals surface area contributed by atoms with Gasteiger partial charge in [-0.1, -0.05) is 0 Å². The number of nitrogens with zero attached hydrogens (tertiary/aromatic N) is 2. The Morgan fingerprint density at radius 2 is 1.36 bits per heavy atom. The van der Waals surface area contributed by atoms with Gasteiger partial charge in [-0.15, -0.1) is 12.4 Å². The van der Waals surface area contributed by atoms with E-state index in [0.717, 1.165) is 0 Å². The highest BCUT2D eigenvalue weighted by Crippen LogP contribution is 2.32. The number of benzene rings is 2. The second-order valence-corrected chi connectivity index (χ2v) is 9.81. The van der Waals surface area contributed by atoms with Crippen molar-refractivity contribution in [2.45, 2.75) is 20.0 Å². The van der Waals surface area contributed by atoms with Crippen LogP contribution in [0.4, 0.5) is 5.69 Å². The van der Waals surface area contributed by atoms with Gasteiger partial charge in [0.2, 0.25) is 0 Å². The van der Waals surface area contributed by atoms with Gasteiger partial charge < -0.3 is 44.2 Å². The maximum absolute atomic E-state index is 13.3. The first-order valence-electron chi connectivity index (χ1n) is 14.3. The quantitative estimate of drug-likeness (QED) is 0.177. The number of hydrogen-bond donors (Lipinski definition) is 2. The number of carbonyl (C=O) groups excluding carboxylic acids is 1. The van der Waals surface area contributed by atoms with Gasteiger partial charge in [-0.2, -0.15) is 0 Å². The van der Waals surface area contributed by atoms with Crippen molar-refractivity contribution in [3.05, 3.63) is 46.4 Å². The molecule has 0 aliphatic carbocycles. The Hall–Kier alpha value is -3.33. The van der Waals surface area contributed by atoms with E-state index in [2.05, 4.69) is 5.32 Å². The molecule has 44 heavy (non-hydrogen) atoms. The first-order chi connectivity index (χ1) is 20.8.